The molecule has 0 saturated heterocycles. The van der Waals surface area contributed by atoms with Crippen LogP contribution < -0.4 is 10.3 Å². The highest BCUT2D eigenvalue weighted by Gasteiger charge is 2.08. The van der Waals surface area contributed by atoms with Crippen LogP contribution in [0.2, 0.25) is 0 Å². The molecule has 0 spiro atoms. The highest BCUT2D eigenvalue weighted by molar-refractivity contribution is 5.79. The molecule has 2 aromatic heterocycles. The van der Waals surface area contributed by atoms with Gasteiger partial charge in [0.05, 0.1) is 18.0 Å². The van der Waals surface area contributed by atoms with Gasteiger partial charge in [0.25, 0.3) is 5.56 Å². The van der Waals surface area contributed by atoms with E-state index in [9.17, 15) is 4.79 Å². The van der Waals surface area contributed by atoms with Crippen molar-refractivity contribution >= 4 is 10.9 Å². The molecule has 2 aromatic rings. The maximum absolute atomic E-state index is 11.4. The molecule has 0 atom stereocenters. The van der Waals surface area contributed by atoms with Gasteiger partial charge >= 0.3 is 0 Å². The highest BCUT2D eigenvalue weighted by Crippen LogP contribution is 2.19. The first kappa shape index (κ1) is 9.21. The third-order valence-corrected chi connectivity index (χ3v) is 2.04. The van der Waals surface area contributed by atoms with Crippen molar-refractivity contribution in [2.45, 2.75) is 0 Å². The van der Waals surface area contributed by atoms with Crippen molar-refractivity contribution in [1.29, 1.82) is 5.26 Å². The summed E-state index contributed by atoms with van der Waals surface area (Å²) in [5, 5.41) is 9.21. The minimum atomic E-state index is -0.247. The Labute approximate surface area is 84.9 Å². The third-order valence-electron chi connectivity index (χ3n) is 2.04. The van der Waals surface area contributed by atoms with Crippen molar-refractivity contribution in [3.63, 3.8) is 0 Å². The zero-order valence-corrected chi connectivity index (χ0v) is 7.94. The summed E-state index contributed by atoms with van der Waals surface area (Å²) in [6.45, 7) is 0. The van der Waals surface area contributed by atoms with Crippen molar-refractivity contribution < 1.29 is 4.74 Å². The number of rotatable bonds is 1. The highest BCUT2D eigenvalue weighted by atomic mass is 16.5. The Bertz CT molecular complexity index is 610. The topological polar surface area (TPSA) is 78.8 Å². The Morgan fingerprint density at radius 2 is 2.40 bits per heavy atom. The number of nitrogens with one attached hydrogen (secondary N) is 1. The van der Waals surface area contributed by atoms with Crippen LogP contribution in [0, 0.1) is 11.3 Å². The van der Waals surface area contributed by atoms with E-state index < -0.39 is 0 Å². The lowest BCUT2D eigenvalue weighted by Crippen LogP contribution is -2.06. The summed E-state index contributed by atoms with van der Waals surface area (Å²) < 4.78 is 4.96. The number of hydrogen-bond donors (Lipinski definition) is 1. The molecule has 0 radical (unpaired) electrons. The van der Waals surface area contributed by atoms with Crippen LogP contribution in [0.15, 0.2) is 23.1 Å². The molecule has 1 N–H and O–H groups in total. The second-order valence-electron chi connectivity index (χ2n) is 2.89. The first-order chi connectivity index (χ1) is 7.26. The molecule has 5 heteroatoms. The van der Waals surface area contributed by atoms with E-state index in [2.05, 4.69) is 9.97 Å². The molecule has 0 fully saturated rings. The fourth-order valence-corrected chi connectivity index (χ4v) is 1.33. The standard InChI is InChI=1S/C10H7N3O2/c1-15-9-4-6-7(13-8(9)5-11)2-3-12-10(6)14/h2-4H,1H3,(H,12,14). The number of H-pyrrole nitrogens is 1. The van der Waals surface area contributed by atoms with Gasteiger partial charge in [-0.25, -0.2) is 4.98 Å². The van der Waals surface area contributed by atoms with Gasteiger partial charge in [0.2, 0.25) is 0 Å². The molecule has 0 aliphatic heterocycles. The van der Waals surface area contributed by atoms with E-state index in [-0.39, 0.29) is 11.3 Å². The van der Waals surface area contributed by atoms with E-state index in [0.29, 0.717) is 16.7 Å². The largest absolute Gasteiger partial charge is 0.494 e. The van der Waals surface area contributed by atoms with Crippen LogP contribution in [0.4, 0.5) is 0 Å². The average molecular weight is 201 g/mol. The number of nitrogens with zero attached hydrogens (tertiary/aromatic N) is 2. The predicted molar refractivity (Wildman–Crippen MR) is 53.6 cm³/mol. The van der Waals surface area contributed by atoms with Crippen molar-refractivity contribution in [2.75, 3.05) is 7.11 Å². The van der Waals surface area contributed by atoms with E-state index in [1.54, 1.807) is 6.07 Å². The number of methoxy groups -OCH3 is 1. The number of aromatic nitrogens is 2. The lowest BCUT2D eigenvalue weighted by atomic mass is 10.2. The van der Waals surface area contributed by atoms with Gasteiger partial charge in [-0.3, -0.25) is 4.79 Å². The molecule has 2 heterocycles. The number of pyridine rings is 2. The Morgan fingerprint density at radius 3 is 3.07 bits per heavy atom. The van der Waals surface area contributed by atoms with Crippen LogP contribution in [0.25, 0.3) is 10.9 Å². The van der Waals surface area contributed by atoms with E-state index in [4.69, 9.17) is 10.00 Å². The normalized spacial score (nSPS) is 9.87. The summed E-state index contributed by atoms with van der Waals surface area (Å²) in [6.07, 6.45) is 1.49. The van der Waals surface area contributed by atoms with Gasteiger partial charge in [0.15, 0.2) is 11.4 Å². The minimum absolute atomic E-state index is 0.176. The summed E-state index contributed by atoms with van der Waals surface area (Å²) in [6, 6.07) is 5.06. The first-order valence-corrected chi connectivity index (χ1v) is 4.23. The SMILES string of the molecule is COc1cc2c(=O)[nH]ccc2nc1C#N. The van der Waals surface area contributed by atoms with Crippen molar-refractivity contribution in [1.82, 2.24) is 9.97 Å². The Balaban J connectivity index is 2.89. The molecule has 74 valence electrons. The van der Waals surface area contributed by atoms with Gasteiger partial charge in [0, 0.05) is 6.20 Å². The number of fused-ring (bicyclic) bond motifs is 1. The quantitative estimate of drug-likeness (QED) is 0.740. The van der Waals surface area contributed by atoms with Gasteiger partial charge in [-0.15, -0.1) is 0 Å². The molecule has 0 saturated carbocycles. The number of hydrogen-bond acceptors (Lipinski definition) is 4. The second kappa shape index (κ2) is 3.42. The van der Waals surface area contributed by atoms with Gasteiger partial charge in [-0.1, -0.05) is 0 Å². The van der Waals surface area contributed by atoms with Crippen LogP contribution in [0.5, 0.6) is 5.75 Å². The molecule has 0 aliphatic rings. The predicted octanol–water partition coefficient (Wildman–Crippen LogP) is 0.803. The molecule has 2 rings (SSSR count). The van der Waals surface area contributed by atoms with Crippen LogP contribution in [-0.2, 0) is 0 Å². The average Bonchev–Trinajstić information content (AvgIpc) is 2.28. The lowest BCUT2D eigenvalue weighted by molar-refractivity contribution is 0.412. The zero-order chi connectivity index (χ0) is 10.8. The van der Waals surface area contributed by atoms with Crippen LogP contribution in [0.1, 0.15) is 5.69 Å². The Hall–Kier alpha value is -2.35. The zero-order valence-electron chi connectivity index (χ0n) is 7.94. The Morgan fingerprint density at radius 1 is 1.60 bits per heavy atom. The van der Waals surface area contributed by atoms with Crippen molar-refractivity contribution in [2.24, 2.45) is 0 Å². The first-order valence-electron chi connectivity index (χ1n) is 4.23. The van der Waals surface area contributed by atoms with E-state index in [1.807, 2.05) is 6.07 Å². The van der Waals surface area contributed by atoms with Crippen LogP contribution in [0.3, 0.4) is 0 Å². The van der Waals surface area contributed by atoms with Gasteiger partial charge in [-0.05, 0) is 12.1 Å². The van der Waals surface area contributed by atoms with Gasteiger partial charge in [-0.2, -0.15) is 5.26 Å². The Kier molecular flexibility index (Phi) is 2.10. The molecule has 0 aromatic carbocycles. The summed E-state index contributed by atoms with van der Waals surface area (Å²) in [4.78, 5) is 18.0. The molecule has 15 heavy (non-hydrogen) atoms. The maximum Gasteiger partial charge on any atom is 0.257 e. The monoisotopic (exact) mass is 201 g/mol. The summed E-state index contributed by atoms with van der Waals surface area (Å²) in [7, 11) is 1.43. The number of ether oxygens (including phenoxy) is 1. The number of nitriles is 1. The van der Waals surface area contributed by atoms with Crippen molar-refractivity contribution in [3.8, 4) is 11.8 Å². The maximum atomic E-state index is 11.4. The smallest absolute Gasteiger partial charge is 0.257 e. The second-order valence-corrected chi connectivity index (χ2v) is 2.89. The van der Waals surface area contributed by atoms with E-state index >= 15 is 0 Å². The van der Waals surface area contributed by atoms with E-state index in [1.165, 1.54) is 19.4 Å². The number of aromatic amines is 1. The molecule has 0 bridgehead atoms. The third kappa shape index (κ3) is 1.42. The van der Waals surface area contributed by atoms with Crippen molar-refractivity contribution in [3.05, 3.63) is 34.4 Å². The molecular weight excluding hydrogens is 194 g/mol. The molecular formula is C10H7N3O2. The van der Waals surface area contributed by atoms with Gasteiger partial charge < -0.3 is 9.72 Å². The van der Waals surface area contributed by atoms with Gasteiger partial charge in [0.1, 0.15) is 6.07 Å². The summed E-state index contributed by atoms with van der Waals surface area (Å²) in [5.74, 6) is 0.307. The molecule has 0 unspecified atom stereocenters. The summed E-state index contributed by atoms with van der Waals surface area (Å²) >= 11 is 0. The fraction of sp³-hybridized carbons (Fsp3) is 0.100. The molecule has 0 aliphatic carbocycles. The van der Waals surface area contributed by atoms with E-state index in [0.717, 1.165) is 0 Å². The lowest BCUT2D eigenvalue weighted by Gasteiger charge is -2.02. The van der Waals surface area contributed by atoms with Crippen LogP contribution in [-0.4, -0.2) is 17.1 Å². The summed E-state index contributed by atoms with van der Waals surface area (Å²) in [5.41, 5.74) is 0.412. The minimum Gasteiger partial charge on any atom is -0.494 e. The molecule has 0 amide bonds. The molecule has 5 nitrogen and oxygen atoms in total. The fourth-order valence-electron chi connectivity index (χ4n) is 1.33. The van der Waals surface area contributed by atoms with Crippen LogP contribution >= 0.6 is 0 Å².